The molecule has 7 nitrogen and oxygen atoms in total. The van der Waals surface area contributed by atoms with Crippen LogP contribution in [0.15, 0.2) is 41.5 Å². The first-order valence-corrected chi connectivity index (χ1v) is 8.83. The van der Waals surface area contributed by atoms with Gasteiger partial charge >= 0.3 is 6.18 Å². The average molecular weight is 444 g/mol. The van der Waals surface area contributed by atoms with Gasteiger partial charge in [-0.2, -0.15) is 18.3 Å². The van der Waals surface area contributed by atoms with Crippen LogP contribution in [0.2, 0.25) is 5.02 Å². The molecule has 2 aromatic rings. The van der Waals surface area contributed by atoms with E-state index in [1.165, 1.54) is 25.5 Å². The maximum Gasteiger partial charge on any atom is 0.416 e. The van der Waals surface area contributed by atoms with Gasteiger partial charge in [0.1, 0.15) is 0 Å². The van der Waals surface area contributed by atoms with Gasteiger partial charge in [-0.15, -0.1) is 0 Å². The van der Waals surface area contributed by atoms with Crippen LogP contribution in [-0.4, -0.2) is 30.2 Å². The largest absolute Gasteiger partial charge is 0.504 e. The van der Waals surface area contributed by atoms with Gasteiger partial charge in [0, 0.05) is 12.8 Å². The number of hydrogen-bond acceptors (Lipinski definition) is 5. The van der Waals surface area contributed by atoms with Crippen molar-refractivity contribution in [3.8, 4) is 11.5 Å². The lowest BCUT2D eigenvalue weighted by molar-refractivity contribution is -0.137. The molecule has 0 saturated carbocycles. The molecule has 0 unspecified atom stereocenters. The lowest BCUT2D eigenvalue weighted by Crippen LogP contribution is -2.21. The van der Waals surface area contributed by atoms with Crippen molar-refractivity contribution in [3.05, 3.63) is 52.5 Å². The first-order chi connectivity index (χ1) is 14.1. The molecule has 0 aliphatic carbocycles. The van der Waals surface area contributed by atoms with Crippen LogP contribution in [0, 0.1) is 0 Å². The quantitative estimate of drug-likeness (QED) is 0.445. The van der Waals surface area contributed by atoms with Crippen molar-refractivity contribution < 1.29 is 32.6 Å². The molecule has 2 amide bonds. The van der Waals surface area contributed by atoms with Gasteiger partial charge in [-0.05, 0) is 42.0 Å². The number of nitrogens with one attached hydrogen (secondary N) is 2. The van der Waals surface area contributed by atoms with E-state index in [9.17, 15) is 27.9 Å². The molecule has 0 aliphatic heterocycles. The number of ether oxygens (including phenoxy) is 1. The summed E-state index contributed by atoms with van der Waals surface area (Å²) < 4.78 is 43.2. The van der Waals surface area contributed by atoms with Crippen molar-refractivity contribution in [2.75, 3.05) is 12.4 Å². The second-order valence-corrected chi connectivity index (χ2v) is 6.37. The van der Waals surface area contributed by atoms with Crippen molar-refractivity contribution in [3.63, 3.8) is 0 Å². The lowest BCUT2D eigenvalue weighted by atomic mass is 10.2. The molecular formula is C19H17ClF3N3O4. The molecule has 0 bridgehead atoms. The van der Waals surface area contributed by atoms with E-state index in [-0.39, 0.29) is 35.1 Å². The third kappa shape index (κ3) is 6.66. The van der Waals surface area contributed by atoms with Gasteiger partial charge in [-0.3, -0.25) is 9.59 Å². The fourth-order valence-corrected chi connectivity index (χ4v) is 2.41. The summed E-state index contributed by atoms with van der Waals surface area (Å²) in [6.45, 7) is 0. The highest BCUT2D eigenvalue weighted by atomic mass is 35.5. The second-order valence-electron chi connectivity index (χ2n) is 5.97. The highest BCUT2D eigenvalue weighted by Gasteiger charge is 2.31. The van der Waals surface area contributed by atoms with Crippen molar-refractivity contribution in [1.29, 1.82) is 0 Å². The Kier molecular flexibility index (Phi) is 7.65. The highest BCUT2D eigenvalue weighted by molar-refractivity contribution is 6.33. The summed E-state index contributed by atoms with van der Waals surface area (Å²) in [4.78, 5) is 23.7. The number of alkyl halides is 3. The van der Waals surface area contributed by atoms with E-state index in [4.69, 9.17) is 16.3 Å². The minimum absolute atomic E-state index is 0.0504. The zero-order valence-corrected chi connectivity index (χ0v) is 16.3. The predicted octanol–water partition coefficient (Wildman–Crippen LogP) is 3.94. The predicted molar refractivity (Wildman–Crippen MR) is 105 cm³/mol. The molecule has 0 aromatic heterocycles. The van der Waals surface area contributed by atoms with E-state index in [0.717, 1.165) is 18.2 Å². The van der Waals surface area contributed by atoms with Crippen LogP contribution < -0.4 is 15.5 Å². The van der Waals surface area contributed by atoms with Crippen LogP contribution >= 0.6 is 11.6 Å². The number of phenols is 1. The third-order valence-corrected chi connectivity index (χ3v) is 4.08. The minimum atomic E-state index is -4.58. The minimum Gasteiger partial charge on any atom is -0.504 e. The van der Waals surface area contributed by atoms with Gasteiger partial charge in [0.25, 0.3) is 0 Å². The molecule has 30 heavy (non-hydrogen) atoms. The fourth-order valence-electron chi connectivity index (χ4n) is 2.25. The SMILES string of the molecule is COc1cc(/C=N/NC(=O)CCC(=O)Nc2cc(C(F)(F)F)ccc2Cl)ccc1O. The van der Waals surface area contributed by atoms with Gasteiger partial charge in [0.15, 0.2) is 11.5 Å². The maximum absolute atomic E-state index is 12.8. The Hall–Kier alpha value is -3.27. The average Bonchev–Trinajstić information content (AvgIpc) is 2.68. The summed E-state index contributed by atoms with van der Waals surface area (Å²) in [5.41, 5.74) is 1.60. The Morgan fingerprint density at radius 3 is 2.53 bits per heavy atom. The van der Waals surface area contributed by atoms with E-state index in [1.54, 1.807) is 6.07 Å². The van der Waals surface area contributed by atoms with Gasteiger partial charge in [0.2, 0.25) is 11.8 Å². The number of hydrogen-bond donors (Lipinski definition) is 3. The number of phenolic OH excluding ortho intramolecular Hbond substituents is 1. The smallest absolute Gasteiger partial charge is 0.416 e. The molecule has 0 fully saturated rings. The number of carbonyl (C=O) groups excluding carboxylic acids is 2. The number of benzene rings is 2. The summed E-state index contributed by atoms with van der Waals surface area (Å²) in [5.74, 6) is -1.08. The number of amides is 2. The number of methoxy groups -OCH3 is 1. The van der Waals surface area contributed by atoms with Crippen molar-refractivity contribution in [2.45, 2.75) is 19.0 Å². The van der Waals surface area contributed by atoms with E-state index in [1.807, 2.05) is 0 Å². The van der Waals surface area contributed by atoms with E-state index >= 15 is 0 Å². The number of carbonyl (C=O) groups is 2. The van der Waals surface area contributed by atoms with Crippen molar-refractivity contribution >= 4 is 35.3 Å². The number of rotatable bonds is 7. The monoisotopic (exact) mass is 443 g/mol. The molecule has 0 heterocycles. The van der Waals surface area contributed by atoms with Gasteiger partial charge in [-0.25, -0.2) is 5.43 Å². The molecule has 0 saturated heterocycles. The summed E-state index contributed by atoms with van der Waals surface area (Å²) in [6.07, 6.45) is -3.81. The summed E-state index contributed by atoms with van der Waals surface area (Å²) in [5, 5.41) is 15.4. The second kappa shape index (κ2) is 9.97. The van der Waals surface area contributed by atoms with Gasteiger partial charge < -0.3 is 15.2 Å². The zero-order chi connectivity index (χ0) is 22.3. The number of hydrazone groups is 1. The highest BCUT2D eigenvalue weighted by Crippen LogP contribution is 2.33. The molecule has 11 heteroatoms. The summed E-state index contributed by atoms with van der Waals surface area (Å²) >= 11 is 5.81. The van der Waals surface area contributed by atoms with Crippen LogP contribution in [0.25, 0.3) is 0 Å². The number of nitrogens with zero attached hydrogens (tertiary/aromatic N) is 1. The Morgan fingerprint density at radius 2 is 1.87 bits per heavy atom. The molecule has 0 radical (unpaired) electrons. The number of anilines is 1. The first kappa shape index (κ1) is 23.0. The Labute approximate surface area is 174 Å². The molecular weight excluding hydrogens is 427 g/mol. The first-order valence-electron chi connectivity index (χ1n) is 8.45. The third-order valence-electron chi connectivity index (χ3n) is 3.75. The van der Waals surface area contributed by atoms with Gasteiger partial charge in [0.05, 0.1) is 29.6 Å². The normalized spacial score (nSPS) is 11.4. The molecule has 2 aromatic carbocycles. The fraction of sp³-hybridized carbons (Fsp3) is 0.211. The molecule has 2 rings (SSSR count). The molecule has 0 atom stereocenters. The molecule has 3 N–H and O–H groups in total. The van der Waals surface area contributed by atoms with Crippen LogP contribution in [0.3, 0.4) is 0 Å². The maximum atomic E-state index is 12.8. The van der Waals surface area contributed by atoms with Gasteiger partial charge in [-0.1, -0.05) is 11.6 Å². The Bertz CT molecular complexity index is 965. The van der Waals surface area contributed by atoms with Crippen LogP contribution in [0.5, 0.6) is 11.5 Å². The van der Waals surface area contributed by atoms with Crippen LogP contribution in [0.1, 0.15) is 24.0 Å². The number of halogens is 4. The zero-order valence-electron chi connectivity index (χ0n) is 15.6. The summed E-state index contributed by atoms with van der Waals surface area (Å²) in [7, 11) is 1.38. The molecule has 0 spiro atoms. The van der Waals surface area contributed by atoms with Crippen molar-refractivity contribution in [2.24, 2.45) is 5.10 Å². The standard InChI is InChI=1S/C19H17ClF3N3O4/c1-30-16-8-11(2-5-15(16)27)10-24-26-18(29)7-6-17(28)25-14-9-12(19(21,22)23)3-4-13(14)20/h2-5,8-10,27H,6-7H2,1H3,(H,25,28)(H,26,29)/b24-10+. The Morgan fingerprint density at radius 1 is 1.17 bits per heavy atom. The van der Waals surface area contributed by atoms with E-state index in [0.29, 0.717) is 5.56 Å². The van der Waals surface area contributed by atoms with Crippen molar-refractivity contribution in [1.82, 2.24) is 5.43 Å². The topological polar surface area (TPSA) is 100 Å². The van der Waals surface area contributed by atoms with Crippen LogP contribution in [0.4, 0.5) is 18.9 Å². The number of aromatic hydroxyl groups is 1. The Balaban J connectivity index is 1.86. The van der Waals surface area contributed by atoms with Crippen LogP contribution in [-0.2, 0) is 15.8 Å². The molecule has 0 aliphatic rings. The molecule has 160 valence electrons. The van der Waals surface area contributed by atoms with E-state index < -0.39 is 23.6 Å². The lowest BCUT2D eigenvalue weighted by Gasteiger charge is -2.11. The van der Waals surface area contributed by atoms with E-state index in [2.05, 4.69) is 15.8 Å². The summed E-state index contributed by atoms with van der Waals surface area (Å²) in [6, 6.07) is 6.98.